The third-order valence-corrected chi connectivity index (χ3v) is 5.40. The van der Waals surface area contributed by atoms with Crippen LogP contribution in [0, 0.1) is 6.92 Å². The van der Waals surface area contributed by atoms with Crippen LogP contribution in [0.4, 0.5) is 5.69 Å². The first-order valence-corrected chi connectivity index (χ1v) is 10.7. The Labute approximate surface area is 186 Å². The standard InChI is InChI=1S/C21H20BrN3O4S/c1-3-28-16-9-13(8-15(22)19(16)29-11-18(23)26)10-17-20(27)25-21(30-17)24-14-6-4-12(2)5-7-14/h4-10H,3,11H2,1-2H3,(H2,23,26)(H,24,25,27). The van der Waals surface area contributed by atoms with Gasteiger partial charge >= 0.3 is 0 Å². The number of amides is 2. The van der Waals surface area contributed by atoms with E-state index in [1.165, 1.54) is 11.8 Å². The lowest BCUT2D eigenvalue weighted by atomic mass is 10.2. The molecule has 0 unspecified atom stereocenters. The SMILES string of the molecule is CCOc1cc(C=C2SC(=Nc3ccc(C)cc3)NC2=O)cc(Br)c1OCC(N)=O. The summed E-state index contributed by atoms with van der Waals surface area (Å²) in [6, 6.07) is 11.2. The number of rotatable bonds is 7. The topological polar surface area (TPSA) is 103 Å². The zero-order valence-electron chi connectivity index (χ0n) is 16.4. The first kappa shape index (κ1) is 21.9. The van der Waals surface area contributed by atoms with Gasteiger partial charge in [-0.25, -0.2) is 4.99 Å². The predicted molar refractivity (Wildman–Crippen MR) is 122 cm³/mol. The Bertz CT molecular complexity index is 1040. The highest BCUT2D eigenvalue weighted by atomic mass is 79.9. The third-order valence-electron chi connectivity index (χ3n) is 3.90. The van der Waals surface area contributed by atoms with Crippen molar-refractivity contribution in [2.45, 2.75) is 13.8 Å². The van der Waals surface area contributed by atoms with Crippen molar-refractivity contribution in [1.82, 2.24) is 5.32 Å². The number of nitrogens with one attached hydrogen (secondary N) is 1. The van der Waals surface area contributed by atoms with Crippen molar-refractivity contribution in [3.63, 3.8) is 0 Å². The van der Waals surface area contributed by atoms with Crippen LogP contribution in [0.15, 0.2) is 50.8 Å². The van der Waals surface area contributed by atoms with Gasteiger partial charge in [0.1, 0.15) is 0 Å². The monoisotopic (exact) mass is 489 g/mol. The molecule has 1 heterocycles. The second-order valence-electron chi connectivity index (χ2n) is 6.34. The van der Waals surface area contributed by atoms with Gasteiger partial charge in [-0.1, -0.05) is 17.7 Å². The first-order valence-electron chi connectivity index (χ1n) is 9.09. The molecule has 0 spiro atoms. The minimum absolute atomic E-state index is 0.228. The molecule has 0 bridgehead atoms. The number of halogens is 1. The van der Waals surface area contributed by atoms with E-state index in [0.717, 1.165) is 16.8 Å². The number of carbonyl (C=O) groups excluding carboxylic acids is 2. The van der Waals surface area contributed by atoms with Crippen molar-refractivity contribution in [3.05, 3.63) is 56.9 Å². The molecule has 1 saturated heterocycles. The molecule has 9 heteroatoms. The molecule has 156 valence electrons. The number of hydrogen-bond donors (Lipinski definition) is 2. The van der Waals surface area contributed by atoms with E-state index in [0.29, 0.717) is 32.7 Å². The molecule has 7 nitrogen and oxygen atoms in total. The number of ether oxygens (including phenoxy) is 2. The maximum absolute atomic E-state index is 12.4. The first-order chi connectivity index (χ1) is 14.4. The summed E-state index contributed by atoms with van der Waals surface area (Å²) in [6.07, 6.45) is 1.74. The molecule has 3 N–H and O–H groups in total. The minimum atomic E-state index is -0.588. The maximum atomic E-state index is 12.4. The molecule has 0 aliphatic carbocycles. The fourth-order valence-electron chi connectivity index (χ4n) is 2.59. The van der Waals surface area contributed by atoms with Crippen LogP contribution in [0.3, 0.4) is 0 Å². The van der Waals surface area contributed by atoms with E-state index in [9.17, 15) is 9.59 Å². The number of aryl methyl sites for hydroxylation is 1. The Balaban J connectivity index is 1.85. The lowest BCUT2D eigenvalue weighted by Gasteiger charge is -2.13. The molecule has 3 rings (SSSR count). The maximum Gasteiger partial charge on any atom is 0.264 e. The summed E-state index contributed by atoms with van der Waals surface area (Å²) in [4.78, 5) is 28.4. The lowest BCUT2D eigenvalue weighted by molar-refractivity contribution is -0.120. The molecular weight excluding hydrogens is 470 g/mol. The molecule has 0 atom stereocenters. The fourth-order valence-corrected chi connectivity index (χ4v) is 4.00. The average Bonchev–Trinajstić information content (AvgIpc) is 3.02. The van der Waals surface area contributed by atoms with E-state index in [1.54, 1.807) is 18.2 Å². The second-order valence-corrected chi connectivity index (χ2v) is 8.22. The summed E-state index contributed by atoms with van der Waals surface area (Å²) < 4.78 is 11.7. The molecule has 2 aromatic rings. The van der Waals surface area contributed by atoms with E-state index >= 15 is 0 Å². The quantitative estimate of drug-likeness (QED) is 0.573. The van der Waals surface area contributed by atoms with E-state index in [4.69, 9.17) is 15.2 Å². The Morgan fingerprint density at radius 3 is 2.67 bits per heavy atom. The fraction of sp³-hybridized carbons (Fsp3) is 0.190. The summed E-state index contributed by atoms with van der Waals surface area (Å²) in [7, 11) is 0. The predicted octanol–water partition coefficient (Wildman–Crippen LogP) is 3.91. The van der Waals surface area contributed by atoms with Crippen LogP contribution in [0.2, 0.25) is 0 Å². The summed E-state index contributed by atoms with van der Waals surface area (Å²) in [5, 5.41) is 3.29. The smallest absolute Gasteiger partial charge is 0.264 e. The third kappa shape index (κ3) is 5.64. The van der Waals surface area contributed by atoms with Crippen molar-refractivity contribution in [2.75, 3.05) is 13.2 Å². The van der Waals surface area contributed by atoms with Crippen molar-refractivity contribution in [3.8, 4) is 11.5 Å². The van der Waals surface area contributed by atoms with Gasteiger partial charge in [0.15, 0.2) is 23.3 Å². The minimum Gasteiger partial charge on any atom is -0.490 e. The normalized spacial score (nSPS) is 16.0. The summed E-state index contributed by atoms with van der Waals surface area (Å²) in [5.41, 5.74) is 7.79. The van der Waals surface area contributed by atoms with Crippen LogP contribution in [0.25, 0.3) is 6.08 Å². The van der Waals surface area contributed by atoms with Crippen LogP contribution in [0.1, 0.15) is 18.1 Å². The van der Waals surface area contributed by atoms with Gasteiger partial charge in [0.25, 0.3) is 11.8 Å². The van der Waals surface area contributed by atoms with Gasteiger partial charge in [-0.3, -0.25) is 9.59 Å². The summed E-state index contributed by atoms with van der Waals surface area (Å²) in [5.74, 6) is 0.00355. The van der Waals surface area contributed by atoms with Crippen molar-refractivity contribution in [2.24, 2.45) is 10.7 Å². The van der Waals surface area contributed by atoms with Gasteiger partial charge in [0.2, 0.25) is 0 Å². The van der Waals surface area contributed by atoms with Gasteiger partial charge in [0.05, 0.1) is 21.7 Å². The number of nitrogens with zero attached hydrogens (tertiary/aromatic N) is 1. The summed E-state index contributed by atoms with van der Waals surface area (Å²) in [6.45, 7) is 3.98. The van der Waals surface area contributed by atoms with Gasteiger partial charge in [-0.05, 0) is 77.4 Å². The van der Waals surface area contributed by atoms with Gasteiger partial charge in [-0.15, -0.1) is 0 Å². The molecule has 1 fully saturated rings. The van der Waals surface area contributed by atoms with Crippen molar-refractivity contribution in [1.29, 1.82) is 0 Å². The largest absolute Gasteiger partial charge is 0.490 e. The zero-order valence-corrected chi connectivity index (χ0v) is 18.8. The number of nitrogens with two attached hydrogens (primary N) is 1. The van der Waals surface area contributed by atoms with Crippen LogP contribution >= 0.6 is 27.7 Å². The Hall–Kier alpha value is -2.78. The van der Waals surface area contributed by atoms with Gasteiger partial charge in [0, 0.05) is 0 Å². The lowest BCUT2D eigenvalue weighted by Crippen LogP contribution is -2.20. The summed E-state index contributed by atoms with van der Waals surface area (Å²) >= 11 is 4.69. The number of primary amides is 1. The van der Waals surface area contributed by atoms with Crippen LogP contribution in [-0.4, -0.2) is 30.2 Å². The Morgan fingerprint density at radius 1 is 1.27 bits per heavy atom. The van der Waals surface area contributed by atoms with Gasteiger partial charge in [-0.2, -0.15) is 0 Å². The molecule has 2 aromatic carbocycles. The number of benzene rings is 2. The highest BCUT2D eigenvalue weighted by Crippen LogP contribution is 2.38. The highest BCUT2D eigenvalue weighted by Gasteiger charge is 2.24. The Kier molecular flexibility index (Phi) is 7.17. The zero-order chi connectivity index (χ0) is 21.7. The number of aliphatic imine (C=N–C) groups is 1. The van der Waals surface area contributed by atoms with Gasteiger partial charge < -0.3 is 20.5 Å². The number of thioether (sulfide) groups is 1. The number of carbonyl (C=O) groups is 2. The van der Waals surface area contributed by atoms with Crippen molar-refractivity contribution >= 4 is 56.4 Å². The van der Waals surface area contributed by atoms with Crippen LogP contribution < -0.4 is 20.5 Å². The Morgan fingerprint density at radius 2 is 2.00 bits per heavy atom. The van der Waals surface area contributed by atoms with E-state index < -0.39 is 5.91 Å². The average molecular weight is 490 g/mol. The van der Waals surface area contributed by atoms with E-state index in [1.807, 2.05) is 38.1 Å². The van der Waals surface area contributed by atoms with Crippen LogP contribution in [-0.2, 0) is 9.59 Å². The second kappa shape index (κ2) is 9.82. The van der Waals surface area contributed by atoms with E-state index in [2.05, 4.69) is 26.2 Å². The molecule has 0 aromatic heterocycles. The number of hydrogen-bond acceptors (Lipinski definition) is 6. The number of amidine groups is 1. The van der Waals surface area contributed by atoms with Crippen molar-refractivity contribution < 1.29 is 19.1 Å². The van der Waals surface area contributed by atoms with E-state index in [-0.39, 0.29) is 12.5 Å². The molecule has 2 amide bonds. The molecule has 30 heavy (non-hydrogen) atoms. The molecule has 1 aliphatic heterocycles. The highest BCUT2D eigenvalue weighted by molar-refractivity contribution is 9.10. The molecule has 0 radical (unpaired) electrons. The molecule has 1 aliphatic rings. The van der Waals surface area contributed by atoms with Crippen LogP contribution in [0.5, 0.6) is 11.5 Å². The molecular formula is C21H20BrN3O4S. The molecule has 0 saturated carbocycles.